The molecule has 62 heavy (non-hydrogen) atoms. The molecule has 4 aromatic carbocycles. The normalized spacial score (nSPS) is 17.2. The summed E-state index contributed by atoms with van der Waals surface area (Å²) in [6.45, 7) is 9.42. The average molecular weight is 835 g/mol. The van der Waals surface area contributed by atoms with E-state index in [1.54, 1.807) is 64.5 Å². The molecule has 2 saturated heterocycles. The second-order valence-electron chi connectivity index (χ2n) is 16.2. The van der Waals surface area contributed by atoms with E-state index in [0.29, 0.717) is 48.7 Å². The standard InChI is InChI=1S/C48H50N8O6/c1-27-23-33(36-25-49-43(51-36)38-17-11-21-55(38)45(57)41(53-47(59)60)31-13-7-5-8-14-31)19-20-34(27)35-24-28(2)40(30(4)29(35)3)37-26-50-44(52-37)39-18-12-22-56(39)46(58)42(54-48(61)62)32-15-9-6-10-16-32/h5-10,13-16,19-20,23-26,38-39,41-42,53-54H,11-12,17-18,21-22H2,1-4H3,(H,49,51)(H,50,52)(H,59,60)(H,61,62)/t38?,39-,41?,42+/m0/s1. The van der Waals surface area contributed by atoms with Crippen LogP contribution in [0, 0.1) is 27.7 Å². The van der Waals surface area contributed by atoms with E-state index in [0.717, 1.165) is 68.7 Å². The third kappa shape index (κ3) is 8.15. The summed E-state index contributed by atoms with van der Waals surface area (Å²) < 4.78 is 0. The van der Waals surface area contributed by atoms with E-state index < -0.39 is 24.3 Å². The molecule has 2 unspecified atom stereocenters. The van der Waals surface area contributed by atoms with Crippen molar-refractivity contribution in [1.82, 2.24) is 40.4 Å². The number of nitrogens with zero attached hydrogens (tertiary/aromatic N) is 4. The van der Waals surface area contributed by atoms with Crippen molar-refractivity contribution in [1.29, 1.82) is 0 Å². The number of rotatable bonds is 11. The maximum atomic E-state index is 13.9. The minimum absolute atomic E-state index is 0.308. The molecule has 4 heterocycles. The number of benzene rings is 4. The van der Waals surface area contributed by atoms with Crippen LogP contribution in [-0.2, 0) is 9.59 Å². The van der Waals surface area contributed by atoms with Gasteiger partial charge in [-0.05, 0) is 110 Å². The molecule has 2 aliphatic rings. The number of likely N-dealkylation sites (tertiary alicyclic amines) is 2. The summed E-state index contributed by atoms with van der Waals surface area (Å²) >= 11 is 0. The summed E-state index contributed by atoms with van der Waals surface area (Å²) in [6, 6.07) is 23.7. The van der Waals surface area contributed by atoms with E-state index in [1.165, 1.54) is 0 Å². The molecular weight excluding hydrogens is 785 g/mol. The van der Waals surface area contributed by atoms with Crippen molar-refractivity contribution >= 4 is 24.0 Å². The fourth-order valence-electron chi connectivity index (χ4n) is 9.27. The first-order valence-electron chi connectivity index (χ1n) is 20.9. The van der Waals surface area contributed by atoms with Crippen molar-refractivity contribution < 1.29 is 29.4 Å². The Morgan fingerprint density at radius 1 is 0.629 bits per heavy atom. The van der Waals surface area contributed by atoms with Crippen LogP contribution in [0.1, 0.15) is 94.9 Å². The van der Waals surface area contributed by atoms with Crippen LogP contribution in [0.5, 0.6) is 0 Å². The van der Waals surface area contributed by atoms with E-state index in [2.05, 4.69) is 72.6 Å². The third-order valence-corrected chi connectivity index (χ3v) is 12.4. The molecule has 2 aromatic heterocycles. The minimum atomic E-state index is -1.26. The molecule has 0 saturated carbocycles. The molecule has 8 rings (SSSR count). The van der Waals surface area contributed by atoms with Crippen molar-refractivity contribution in [3.05, 3.63) is 142 Å². The van der Waals surface area contributed by atoms with E-state index >= 15 is 0 Å². The molecule has 14 nitrogen and oxygen atoms in total. The molecular formula is C48H50N8O6. The minimum Gasteiger partial charge on any atom is -0.465 e. The number of amides is 4. The molecule has 2 fully saturated rings. The Bertz CT molecular complexity index is 2640. The summed E-state index contributed by atoms with van der Waals surface area (Å²) in [6.07, 6.45) is 4.05. The highest BCUT2D eigenvalue weighted by Crippen LogP contribution is 2.40. The first-order valence-corrected chi connectivity index (χ1v) is 20.9. The van der Waals surface area contributed by atoms with E-state index in [9.17, 15) is 29.4 Å². The lowest BCUT2D eigenvalue weighted by molar-refractivity contribution is -0.135. The molecule has 14 heteroatoms. The number of aromatic amines is 2. The number of hydrogen-bond acceptors (Lipinski definition) is 6. The van der Waals surface area contributed by atoms with Crippen LogP contribution in [0.4, 0.5) is 9.59 Å². The lowest BCUT2D eigenvalue weighted by Crippen LogP contribution is -2.42. The summed E-state index contributed by atoms with van der Waals surface area (Å²) in [4.78, 5) is 71.1. The van der Waals surface area contributed by atoms with Gasteiger partial charge in [0.05, 0.1) is 35.9 Å². The molecule has 0 radical (unpaired) electrons. The molecule has 6 N–H and O–H groups in total. The van der Waals surface area contributed by atoms with Crippen molar-refractivity contribution in [2.75, 3.05) is 13.1 Å². The van der Waals surface area contributed by atoms with E-state index in [4.69, 9.17) is 9.97 Å². The molecule has 4 atom stereocenters. The number of aromatic nitrogens is 4. The van der Waals surface area contributed by atoms with Gasteiger partial charge in [-0.3, -0.25) is 9.59 Å². The van der Waals surface area contributed by atoms with Crippen molar-refractivity contribution in [2.45, 2.75) is 77.5 Å². The van der Waals surface area contributed by atoms with Crippen molar-refractivity contribution in [2.24, 2.45) is 0 Å². The summed E-state index contributed by atoms with van der Waals surface area (Å²) in [5, 5.41) is 24.0. The maximum Gasteiger partial charge on any atom is 0.405 e. The van der Waals surface area contributed by atoms with E-state index in [-0.39, 0.29) is 23.9 Å². The van der Waals surface area contributed by atoms with Gasteiger partial charge in [-0.1, -0.05) is 78.9 Å². The van der Waals surface area contributed by atoms with Crippen LogP contribution >= 0.6 is 0 Å². The van der Waals surface area contributed by atoms with Gasteiger partial charge in [0, 0.05) is 18.7 Å². The highest BCUT2D eigenvalue weighted by Gasteiger charge is 2.38. The predicted octanol–water partition coefficient (Wildman–Crippen LogP) is 8.71. The van der Waals surface area contributed by atoms with Gasteiger partial charge in [-0.2, -0.15) is 0 Å². The molecule has 4 amide bonds. The first kappa shape index (κ1) is 41.5. The second kappa shape index (κ2) is 17.4. The van der Waals surface area contributed by atoms with Gasteiger partial charge in [0.2, 0.25) is 0 Å². The Labute approximate surface area is 359 Å². The zero-order valence-electron chi connectivity index (χ0n) is 35.1. The number of nitrogens with one attached hydrogen (secondary N) is 4. The van der Waals surface area contributed by atoms with Gasteiger partial charge in [0.15, 0.2) is 0 Å². The molecule has 6 aromatic rings. The van der Waals surface area contributed by atoms with Gasteiger partial charge >= 0.3 is 12.2 Å². The third-order valence-electron chi connectivity index (χ3n) is 12.4. The van der Waals surface area contributed by atoms with E-state index in [1.807, 2.05) is 18.3 Å². The Hall–Kier alpha value is -7.22. The van der Waals surface area contributed by atoms with Crippen molar-refractivity contribution in [3.63, 3.8) is 0 Å². The second-order valence-corrected chi connectivity index (χ2v) is 16.2. The number of carboxylic acid groups (broad SMARTS) is 2. The quantitative estimate of drug-likeness (QED) is 0.0745. The van der Waals surface area contributed by atoms with Crippen LogP contribution in [0.3, 0.4) is 0 Å². The molecule has 0 bridgehead atoms. The number of carbonyl (C=O) groups excluding carboxylic acids is 2. The summed E-state index contributed by atoms with van der Waals surface area (Å²) in [5.41, 5.74) is 11.4. The largest absolute Gasteiger partial charge is 0.465 e. The van der Waals surface area contributed by atoms with Gasteiger partial charge in [0.25, 0.3) is 11.8 Å². The van der Waals surface area contributed by atoms with Crippen LogP contribution in [0.2, 0.25) is 0 Å². The fraction of sp³-hybridized carbons (Fsp3) is 0.292. The molecule has 0 aliphatic carbocycles. The molecule has 0 spiro atoms. The van der Waals surface area contributed by atoms with Crippen LogP contribution in [0.25, 0.3) is 33.6 Å². The van der Waals surface area contributed by atoms with Gasteiger partial charge in [0.1, 0.15) is 23.7 Å². The number of carbonyl (C=O) groups is 4. The fourth-order valence-corrected chi connectivity index (χ4v) is 9.27. The average Bonchev–Trinajstić information content (AvgIpc) is 4.11. The Kier molecular flexibility index (Phi) is 11.7. The lowest BCUT2D eigenvalue weighted by Gasteiger charge is -2.28. The summed E-state index contributed by atoms with van der Waals surface area (Å²) in [5.74, 6) is 0.711. The van der Waals surface area contributed by atoms with Crippen LogP contribution in [0.15, 0.2) is 97.3 Å². The Balaban J connectivity index is 1.01. The monoisotopic (exact) mass is 834 g/mol. The number of hydrogen-bond donors (Lipinski definition) is 6. The zero-order chi connectivity index (χ0) is 43.7. The molecule has 318 valence electrons. The van der Waals surface area contributed by atoms with Crippen LogP contribution < -0.4 is 10.6 Å². The maximum absolute atomic E-state index is 13.9. The highest BCUT2D eigenvalue weighted by molar-refractivity contribution is 5.88. The molecule has 2 aliphatic heterocycles. The lowest BCUT2D eigenvalue weighted by atomic mass is 9.87. The number of imidazole rings is 2. The Morgan fingerprint density at radius 2 is 1.13 bits per heavy atom. The Morgan fingerprint density at radius 3 is 1.63 bits per heavy atom. The van der Waals surface area contributed by atoms with Gasteiger partial charge in [-0.15, -0.1) is 0 Å². The van der Waals surface area contributed by atoms with Gasteiger partial charge < -0.3 is 40.6 Å². The van der Waals surface area contributed by atoms with Gasteiger partial charge in [-0.25, -0.2) is 19.6 Å². The topological polar surface area (TPSA) is 197 Å². The van der Waals surface area contributed by atoms with Crippen LogP contribution in [-0.4, -0.2) is 77.0 Å². The smallest absolute Gasteiger partial charge is 0.405 e. The highest BCUT2D eigenvalue weighted by atomic mass is 16.4. The SMILES string of the molecule is Cc1cc(-c2cnc(C3CCCN3C(=O)C(NC(=O)O)c3ccccc3)[nH]2)ccc1-c1cc(C)c(-c2cnc([C@@H]3CCCN3C(=O)[C@H](NC(=O)O)c3ccccc3)[nH]2)c(C)c1C. The summed E-state index contributed by atoms with van der Waals surface area (Å²) in [7, 11) is 0. The zero-order valence-corrected chi connectivity index (χ0v) is 35.1. The van der Waals surface area contributed by atoms with Crippen molar-refractivity contribution in [3.8, 4) is 33.6 Å². The first-order chi connectivity index (χ1) is 29.9. The predicted molar refractivity (Wildman–Crippen MR) is 234 cm³/mol. The number of H-pyrrole nitrogens is 2. The number of aryl methyl sites for hydroxylation is 2.